The fraction of sp³-hybridized carbons (Fsp3) is 0.333. The van der Waals surface area contributed by atoms with Gasteiger partial charge in [0.15, 0.2) is 6.10 Å². The highest BCUT2D eigenvalue weighted by molar-refractivity contribution is 7.10. The van der Waals surface area contributed by atoms with Crippen LogP contribution in [0.5, 0.6) is 0 Å². The van der Waals surface area contributed by atoms with E-state index in [1.54, 1.807) is 28.4 Å². The molecule has 1 amide bonds. The molecule has 13 heteroatoms. The molecule has 0 unspecified atom stereocenters. The first-order chi connectivity index (χ1) is 17.7. The van der Waals surface area contributed by atoms with Gasteiger partial charge in [-0.1, -0.05) is 63.2 Å². The number of nitrogens with zero attached hydrogens (tertiary/aromatic N) is 4. The predicted molar refractivity (Wildman–Crippen MR) is 148 cm³/mol. The monoisotopic (exact) mass is 618 g/mol. The summed E-state index contributed by atoms with van der Waals surface area (Å²) in [6, 6.07) is 4.63. The number of benzene rings is 1. The van der Waals surface area contributed by atoms with Crippen LogP contribution in [0.3, 0.4) is 0 Å². The lowest BCUT2D eigenvalue weighted by Crippen LogP contribution is -2.41. The molecular weight excluding hydrogens is 602 g/mol. The lowest BCUT2D eigenvalue weighted by molar-refractivity contribution is -0.132. The molecule has 1 fully saturated rings. The van der Waals surface area contributed by atoms with Gasteiger partial charge >= 0.3 is 0 Å². The average molecular weight is 621 g/mol. The number of rotatable bonds is 5. The molecule has 1 aromatic carbocycles. The molecule has 0 spiro atoms. The molecule has 2 aliphatic heterocycles. The summed E-state index contributed by atoms with van der Waals surface area (Å²) in [5.41, 5.74) is 1.71. The topological polar surface area (TPSA) is 76.8 Å². The van der Waals surface area contributed by atoms with Crippen LogP contribution in [0, 0.1) is 0 Å². The van der Waals surface area contributed by atoms with E-state index in [0.29, 0.717) is 45.2 Å². The van der Waals surface area contributed by atoms with Crippen LogP contribution in [0.2, 0.25) is 25.1 Å². The maximum absolute atomic E-state index is 12.8. The van der Waals surface area contributed by atoms with Crippen LogP contribution in [0.25, 0.3) is 0 Å². The van der Waals surface area contributed by atoms with E-state index in [1.807, 2.05) is 5.38 Å². The van der Waals surface area contributed by atoms with Crippen molar-refractivity contribution in [2.45, 2.75) is 37.8 Å². The third kappa shape index (κ3) is 5.79. The summed E-state index contributed by atoms with van der Waals surface area (Å²) in [6.07, 6.45) is 3.04. The van der Waals surface area contributed by atoms with Gasteiger partial charge in [-0.25, -0.2) is 4.98 Å². The van der Waals surface area contributed by atoms with Crippen molar-refractivity contribution in [2.24, 2.45) is 5.16 Å². The van der Waals surface area contributed by atoms with Gasteiger partial charge in [-0.05, 0) is 31.0 Å². The van der Waals surface area contributed by atoms with Crippen molar-refractivity contribution >= 4 is 81.0 Å². The Morgan fingerprint density at radius 2 is 1.70 bits per heavy atom. The number of carbonyl (C=O) groups excluding carboxylic acids is 1. The van der Waals surface area contributed by atoms with E-state index in [-0.39, 0.29) is 23.4 Å². The van der Waals surface area contributed by atoms with Crippen LogP contribution >= 0.6 is 69.3 Å². The molecule has 194 valence electrons. The van der Waals surface area contributed by atoms with Crippen molar-refractivity contribution in [3.05, 3.63) is 81.5 Å². The van der Waals surface area contributed by atoms with Gasteiger partial charge in [-0.15, -0.1) is 11.3 Å². The molecule has 37 heavy (non-hydrogen) atoms. The number of hydrogen-bond donors (Lipinski definition) is 0. The largest absolute Gasteiger partial charge is 0.387 e. The van der Waals surface area contributed by atoms with Crippen molar-refractivity contribution in [1.82, 2.24) is 14.5 Å². The molecule has 7 nitrogen and oxygen atoms in total. The van der Waals surface area contributed by atoms with Crippen molar-refractivity contribution < 1.29 is 9.63 Å². The molecule has 0 radical (unpaired) electrons. The highest BCUT2D eigenvalue weighted by Crippen LogP contribution is 2.40. The SMILES string of the molecule is O=C(Cn1cc(Cl)cc(Cl)c1=O)N1CCC(c2nc(C3=NO[C@@H](c4c(Cl)cc(Cl)cc4Cl)C3)cs2)CC1. The van der Waals surface area contributed by atoms with Crippen molar-refractivity contribution in [1.29, 1.82) is 0 Å². The first-order valence-electron chi connectivity index (χ1n) is 11.4. The second-order valence-corrected chi connectivity index (χ2v) is 11.8. The summed E-state index contributed by atoms with van der Waals surface area (Å²) in [6.45, 7) is 1.04. The zero-order valence-electron chi connectivity index (χ0n) is 19.1. The van der Waals surface area contributed by atoms with Gasteiger partial charge in [0.2, 0.25) is 5.91 Å². The van der Waals surface area contributed by atoms with Gasteiger partial charge in [0.05, 0.1) is 25.8 Å². The molecule has 1 saturated heterocycles. The third-order valence-corrected chi connectivity index (χ3v) is 8.69. The van der Waals surface area contributed by atoms with Crippen LogP contribution in [0.1, 0.15) is 47.5 Å². The lowest BCUT2D eigenvalue weighted by atomic mass is 9.97. The number of carbonyl (C=O) groups is 1. The van der Waals surface area contributed by atoms with E-state index < -0.39 is 11.7 Å². The zero-order valence-corrected chi connectivity index (χ0v) is 23.7. The van der Waals surface area contributed by atoms with Gasteiger partial charge in [0.1, 0.15) is 17.3 Å². The Labute approximate surface area is 241 Å². The highest BCUT2D eigenvalue weighted by Gasteiger charge is 2.31. The fourth-order valence-electron chi connectivity index (χ4n) is 4.46. The van der Waals surface area contributed by atoms with Gasteiger partial charge in [0.25, 0.3) is 5.56 Å². The maximum atomic E-state index is 12.8. The number of halogens is 5. The molecule has 0 saturated carbocycles. The summed E-state index contributed by atoms with van der Waals surface area (Å²) >= 11 is 32.2. The highest BCUT2D eigenvalue weighted by atomic mass is 35.5. The first-order valence-corrected chi connectivity index (χ1v) is 14.1. The first kappa shape index (κ1) is 26.8. The number of likely N-dealkylation sites (tertiary alicyclic amines) is 1. The predicted octanol–water partition coefficient (Wildman–Crippen LogP) is 6.84. The van der Waals surface area contributed by atoms with Crippen molar-refractivity contribution in [3.63, 3.8) is 0 Å². The van der Waals surface area contributed by atoms with E-state index >= 15 is 0 Å². The minimum absolute atomic E-state index is 0.0125. The number of hydrogen-bond acceptors (Lipinski definition) is 6. The van der Waals surface area contributed by atoms with E-state index in [0.717, 1.165) is 29.3 Å². The number of thiazole rings is 1. The molecule has 2 aliphatic rings. The van der Waals surface area contributed by atoms with Gasteiger partial charge in [0, 0.05) is 47.6 Å². The summed E-state index contributed by atoms with van der Waals surface area (Å²) in [7, 11) is 0. The van der Waals surface area contributed by atoms with Crippen molar-refractivity contribution in [2.75, 3.05) is 13.1 Å². The number of amides is 1. The second-order valence-electron chi connectivity index (χ2n) is 8.78. The normalized spacial score (nSPS) is 18.1. The molecule has 0 bridgehead atoms. The number of piperidine rings is 1. The Bertz CT molecular complexity index is 1430. The second kappa shape index (κ2) is 11.1. The fourth-order valence-corrected chi connectivity index (χ4v) is 7.03. The minimum atomic E-state index is -0.439. The lowest BCUT2D eigenvalue weighted by Gasteiger charge is -2.31. The summed E-state index contributed by atoms with van der Waals surface area (Å²) < 4.78 is 1.24. The van der Waals surface area contributed by atoms with Gasteiger partial charge in [-0.2, -0.15) is 0 Å². The Morgan fingerprint density at radius 1 is 1.03 bits per heavy atom. The number of aromatic nitrogens is 2. The Kier molecular flexibility index (Phi) is 8.05. The van der Waals surface area contributed by atoms with E-state index in [9.17, 15) is 9.59 Å². The van der Waals surface area contributed by atoms with Crippen molar-refractivity contribution in [3.8, 4) is 0 Å². The Hall–Kier alpha value is -1.81. The van der Waals surface area contributed by atoms with Crippen LogP contribution < -0.4 is 5.56 Å². The van der Waals surface area contributed by atoms with Crippen LogP contribution in [-0.4, -0.2) is 39.2 Å². The Balaban J connectivity index is 1.19. The minimum Gasteiger partial charge on any atom is -0.387 e. The van der Waals surface area contributed by atoms with Crippen LogP contribution in [0.4, 0.5) is 0 Å². The maximum Gasteiger partial charge on any atom is 0.269 e. The number of pyridine rings is 1. The van der Waals surface area contributed by atoms with E-state index in [2.05, 4.69) is 5.16 Å². The summed E-state index contributed by atoms with van der Waals surface area (Å²) in [5.74, 6) is 0.0757. The smallest absolute Gasteiger partial charge is 0.269 e. The Morgan fingerprint density at radius 3 is 2.41 bits per heavy atom. The molecule has 4 heterocycles. The average Bonchev–Trinajstić information content (AvgIpc) is 3.52. The molecule has 5 rings (SSSR count). The zero-order chi connectivity index (χ0) is 26.3. The molecular formula is C24H19Cl5N4O3S. The van der Waals surface area contributed by atoms with Gasteiger partial charge < -0.3 is 14.3 Å². The van der Waals surface area contributed by atoms with E-state index in [4.69, 9.17) is 67.8 Å². The molecule has 2 aromatic heterocycles. The summed E-state index contributed by atoms with van der Waals surface area (Å²) in [4.78, 5) is 37.2. The molecule has 3 aromatic rings. The van der Waals surface area contributed by atoms with Crippen LogP contribution in [0.15, 0.2) is 39.7 Å². The molecule has 0 aliphatic carbocycles. The van der Waals surface area contributed by atoms with E-state index in [1.165, 1.54) is 16.8 Å². The van der Waals surface area contributed by atoms with Gasteiger partial charge in [-0.3, -0.25) is 9.59 Å². The summed E-state index contributed by atoms with van der Waals surface area (Å²) in [5, 5.41) is 8.81. The third-order valence-electron chi connectivity index (χ3n) is 6.36. The quantitative estimate of drug-likeness (QED) is 0.313. The molecule has 0 N–H and O–H groups in total. The molecule has 1 atom stereocenters. The van der Waals surface area contributed by atoms with Crippen LogP contribution in [-0.2, 0) is 16.2 Å². The number of oxime groups is 1. The standard InChI is InChI=1S/C24H19Cl5N4O3S/c25-13-5-15(27)22(16(28)6-13)20-8-18(31-36-20)19-11-37-23(30-19)12-1-3-32(4-2-12)21(34)10-33-9-14(26)7-17(29)24(33)35/h5-7,9,11-12,20H,1-4,8,10H2/t20-/m1/s1.